The van der Waals surface area contributed by atoms with E-state index in [9.17, 15) is 0 Å². The maximum absolute atomic E-state index is 6.04. The number of rotatable bonds is 7. The molecule has 0 aliphatic heterocycles. The lowest BCUT2D eigenvalue weighted by Gasteiger charge is -2.16. The molecule has 0 atom stereocenters. The van der Waals surface area contributed by atoms with Gasteiger partial charge >= 0.3 is 0 Å². The zero-order valence-corrected chi connectivity index (χ0v) is 13.4. The summed E-state index contributed by atoms with van der Waals surface area (Å²) in [6, 6.07) is 7.57. The molecule has 0 unspecified atom stereocenters. The van der Waals surface area contributed by atoms with Crippen molar-refractivity contribution in [1.29, 1.82) is 0 Å². The molecule has 0 aliphatic rings. The zero-order valence-electron chi connectivity index (χ0n) is 11.8. The van der Waals surface area contributed by atoms with E-state index in [-0.39, 0.29) is 0 Å². The molecule has 0 saturated carbocycles. The van der Waals surface area contributed by atoms with Crippen LogP contribution in [0.25, 0.3) is 0 Å². The fourth-order valence-electron chi connectivity index (χ4n) is 1.88. The van der Waals surface area contributed by atoms with Crippen LogP contribution in [-0.4, -0.2) is 30.1 Å². The van der Waals surface area contributed by atoms with Gasteiger partial charge in [0.15, 0.2) is 0 Å². The van der Waals surface area contributed by atoms with E-state index >= 15 is 0 Å². The van der Waals surface area contributed by atoms with Crippen LogP contribution >= 0.6 is 22.9 Å². The van der Waals surface area contributed by atoms with E-state index < -0.39 is 0 Å². The van der Waals surface area contributed by atoms with Crippen molar-refractivity contribution >= 4 is 22.9 Å². The molecule has 0 spiro atoms. The van der Waals surface area contributed by atoms with Crippen LogP contribution in [-0.2, 0) is 6.54 Å². The maximum Gasteiger partial charge on any atom is 0.137 e. The Kier molecular flexibility index (Phi) is 5.83. The summed E-state index contributed by atoms with van der Waals surface area (Å²) in [5.41, 5.74) is 3.04. The Morgan fingerprint density at radius 3 is 2.85 bits per heavy atom. The molecule has 0 fully saturated rings. The molecule has 0 amide bonds. The van der Waals surface area contributed by atoms with Crippen LogP contribution in [0.1, 0.15) is 17.0 Å². The average Bonchev–Trinajstić information content (AvgIpc) is 2.82. The predicted octanol–water partition coefficient (Wildman–Crippen LogP) is 4.01. The molecular weight excluding hydrogens is 292 g/mol. The summed E-state index contributed by atoms with van der Waals surface area (Å²) in [6.07, 6.45) is 0.972. The number of benzene rings is 1. The number of halogens is 1. The molecule has 1 aromatic carbocycles. The van der Waals surface area contributed by atoms with Crippen LogP contribution in [0.3, 0.4) is 0 Å². The molecule has 1 heterocycles. The number of para-hydroxylation sites is 1. The first-order chi connectivity index (χ1) is 9.66. The highest BCUT2D eigenvalue weighted by Crippen LogP contribution is 2.23. The van der Waals surface area contributed by atoms with Crippen LogP contribution in [0.15, 0.2) is 29.8 Å². The van der Waals surface area contributed by atoms with E-state index in [2.05, 4.69) is 23.9 Å². The summed E-state index contributed by atoms with van der Waals surface area (Å²) in [5, 5.41) is 0.668. The van der Waals surface area contributed by atoms with Gasteiger partial charge < -0.3 is 9.64 Å². The lowest BCUT2D eigenvalue weighted by Crippen LogP contribution is -2.20. The number of hydrogen-bond acceptors (Lipinski definition) is 4. The summed E-state index contributed by atoms with van der Waals surface area (Å²) < 4.78 is 5.68. The molecule has 0 saturated heterocycles. The fraction of sp³-hybridized carbons (Fsp3) is 0.400. The highest BCUT2D eigenvalue weighted by molar-refractivity contribution is 7.09. The standard InChI is InChI=1S/C15H19ClN2OS/c1-12-15(20-11-17-12)10-18(2)8-5-9-19-14-7-4-3-6-13(14)16/h3-4,6-7,11H,5,8-10H2,1-2H3. The lowest BCUT2D eigenvalue weighted by molar-refractivity contribution is 0.259. The van der Waals surface area contributed by atoms with Gasteiger partial charge in [-0.05, 0) is 32.5 Å². The molecule has 0 N–H and O–H groups in total. The number of thiazole rings is 1. The van der Waals surface area contributed by atoms with Crippen LogP contribution in [0.5, 0.6) is 5.75 Å². The predicted molar refractivity (Wildman–Crippen MR) is 84.7 cm³/mol. The number of ether oxygens (including phenoxy) is 1. The Balaban J connectivity index is 1.68. The van der Waals surface area contributed by atoms with Gasteiger partial charge in [0.1, 0.15) is 5.75 Å². The first-order valence-corrected chi connectivity index (χ1v) is 7.87. The van der Waals surface area contributed by atoms with Crippen molar-refractivity contribution in [2.24, 2.45) is 0 Å². The van der Waals surface area contributed by atoms with Gasteiger partial charge in [-0.1, -0.05) is 23.7 Å². The SMILES string of the molecule is Cc1ncsc1CN(C)CCCOc1ccccc1Cl. The minimum atomic E-state index is 0.668. The Morgan fingerprint density at radius 2 is 2.15 bits per heavy atom. The van der Waals surface area contributed by atoms with Crippen LogP contribution in [0, 0.1) is 6.92 Å². The summed E-state index contributed by atoms with van der Waals surface area (Å²) in [4.78, 5) is 7.89. The van der Waals surface area contributed by atoms with Crippen molar-refractivity contribution in [2.75, 3.05) is 20.2 Å². The minimum Gasteiger partial charge on any atom is -0.492 e. The van der Waals surface area contributed by atoms with Crippen LogP contribution < -0.4 is 4.74 Å². The molecule has 0 aliphatic carbocycles. The van der Waals surface area contributed by atoms with Crippen molar-refractivity contribution in [3.63, 3.8) is 0 Å². The molecule has 3 nitrogen and oxygen atoms in total. The third kappa shape index (κ3) is 4.47. The molecule has 20 heavy (non-hydrogen) atoms. The first-order valence-electron chi connectivity index (χ1n) is 6.61. The second-order valence-corrected chi connectivity index (χ2v) is 6.08. The van der Waals surface area contributed by atoms with Gasteiger partial charge in [0, 0.05) is 18.0 Å². The quantitative estimate of drug-likeness (QED) is 0.723. The van der Waals surface area contributed by atoms with Crippen LogP contribution in [0.4, 0.5) is 0 Å². The largest absolute Gasteiger partial charge is 0.492 e. The smallest absolute Gasteiger partial charge is 0.137 e. The third-order valence-electron chi connectivity index (χ3n) is 3.04. The van der Waals surface area contributed by atoms with Crippen molar-refractivity contribution in [2.45, 2.75) is 19.9 Å². The van der Waals surface area contributed by atoms with Gasteiger partial charge in [0.2, 0.25) is 0 Å². The molecule has 2 aromatic rings. The highest BCUT2D eigenvalue weighted by Gasteiger charge is 2.06. The summed E-state index contributed by atoms with van der Waals surface area (Å²) >= 11 is 7.75. The van der Waals surface area contributed by atoms with Crippen molar-refractivity contribution < 1.29 is 4.74 Å². The van der Waals surface area contributed by atoms with E-state index in [1.165, 1.54) is 4.88 Å². The Morgan fingerprint density at radius 1 is 1.35 bits per heavy atom. The summed E-state index contributed by atoms with van der Waals surface area (Å²) in [7, 11) is 2.12. The lowest BCUT2D eigenvalue weighted by atomic mass is 10.3. The van der Waals surface area contributed by atoms with Gasteiger partial charge in [-0.25, -0.2) is 4.98 Å². The normalized spacial score (nSPS) is 11.0. The molecule has 0 radical (unpaired) electrons. The highest BCUT2D eigenvalue weighted by atomic mass is 35.5. The topological polar surface area (TPSA) is 25.4 Å². The van der Waals surface area contributed by atoms with Crippen LogP contribution in [0.2, 0.25) is 5.02 Å². The molecule has 5 heteroatoms. The summed E-state index contributed by atoms with van der Waals surface area (Å²) in [6.45, 7) is 4.67. The van der Waals surface area contributed by atoms with Crippen molar-refractivity contribution in [1.82, 2.24) is 9.88 Å². The van der Waals surface area contributed by atoms with Gasteiger partial charge in [-0.3, -0.25) is 0 Å². The Hall–Kier alpha value is -1.10. The maximum atomic E-state index is 6.04. The van der Waals surface area contributed by atoms with Gasteiger partial charge in [0.25, 0.3) is 0 Å². The second kappa shape index (κ2) is 7.62. The van der Waals surface area contributed by atoms with E-state index in [0.29, 0.717) is 11.6 Å². The van der Waals surface area contributed by atoms with Gasteiger partial charge in [0.05, 0.1) is 22.8 Å². The Labute approximate surface area is 129 Å². The first kappa shape index (κ1) is 15.3. The monoisotopic (exact) mass is 310 g/mol. The molecule has 2 rings (SSSR count). The number of nitrogens with zero attached hydrogens (tertiary/aromatic N) is 2. The van der Waals surface area contributed by atoms with E-state index in [0.717, 1.165) is 31.0 Å². The molecule has 0 bridgehead atoms. The van der Waals surface area contributed by atoms with Gasteiger partial charge in [-0.15, -0.1) is 11.3 Å². The van der Waals surface area contributed by atoms with E-state index in [1.54, 1.807) is 11.3 Å². The third-order valence-corrected chi connectivity index (χ3v) is 4.27. The zero-order chi connectivity index (χ0) is 14.4. The minimum absolute atomic E-state index is 0.668. The van der Waals surface area contributed by atoms with E-state index in [4.69, 9.17) is 16.3 Å². The number of hydrogen-bond donors (Lipinski definition) is 0. The molecule has 108 valence electrons. The van der Waals surface area contributed by atoms with E-state index in [1.807, 2.05) is 29.8 Å². The summed E-state index contributed by atoms with van der Waals surface area (Å²) in [5.74, 6) is 0.759. The second-order valence-electron chi connectivity index (χ2n) is 4.73. The van der Waals surface area contributed by atoms with Crippen molar-refractivity contribution in [3.8, 4) is 5.75 Å². The Bertz CT molecular complexity index is 544. The molecule has 1 aromatic heterocycles. The fourth-order valence-corrected chi connectivity index (χ4v) is 2.93. The van der Waals surface area contributed by atoms with Crippen molar-refractivity contribution in [3.05, 3.63) is 45.4 Å². The number of aryl methyl sites for hydroxylation is 1. The molecular formula is C15H19ClN2OS. The van der Waals surface area contributed by atoms with Gasteiger partial charge in [-0.2, -0.15) is 0 Å². The number of aromatic nitrogens is 1. The average molecular weight is 311 g/mol.